The van der Waals surface area contributed by atoms with E-state index < -0.39 is 5.63 Å². The van der Waals surface area contributed by atoms with Gasteiger partial charge in [-0.05, 0) is 30.7 Å². The molecule has 0 aliphatic carbocycles. The number of nitrogens with one attached hydrogen (secondary N) is 1. The summed E-state index contributed by atoms with van der Waals surface area (Å²) in [5.74, 6) is -0.298. The molecule has 1 aromatic heterocycles. The van der Waals surface area contributed by atoms with Crippen LogP contribution >= 0.6 is 0 Å². The van der Waals surface area contributed by atoms with Crippen LogP contribution in [0.2, 0.25) is 0 Å². The van der Waals surface area contributed by atoms with Crippen molar-refractivity contribution in [1.82, 2.24) is 5.32 Å². The lowest BCUT2D eigenvalue weighted by Crippen LogP contribution is -2.26. The highest BCUT2D eigenvalue weighted by Crippen LogP contribution is 2.14. The summed E-state index contributed by atoms with van der Waals surface area (Å²) in [4.78, 5) is 22.7. The van der Waals surface area contributed by atoms with E-state index in [1.165, 1.54) is 12.1 Å². The monoisotopic (exact) mass is 258 g/mol. The smallest absolute Gasteiger partial charge is 0.335 e. The maximum atomic E-state index is 11.9. The molecule has 98 valence electrons. The van der Waals surface area contributed by atoms with Gasteiger partial charge >= 0.3 is 5.63 Å². The molecule has 1 atom stereocenters. The molecule has 0 aliphatic rings. The van der Waals surface area contributed by atoms with Crippen LogP contribution in [0.15, 0.2) is 51.9 Å². The predicted molar refractivity (Wildman–Crippen MR) is 71.7 cm³/mol. The lowest BCUT2D eigenvalue weighted by Gasteiger charge is -2.14. The zero-order chi connectivity index (χ0) is 13.8. The van der Waals surface area contributed by atoms with E-state index in [0.29, 0.717) is 11.3 Å². The molecule has 0 bridgehead atoms. The van der Waals surface area contributed by atoms with Crippen molar-refractivity contribution in [3.63, 3.8) is 0 Å². The lowest BCUT2D eigenvalue weighted by atomic mass is 10.1. The number of nitrogen functional groups attached to an aromatic ring is 1. The van der Waals surface area contributed by atoms with Gasteiger partial charge in [-0.1, -0.05) is 12.1 Å². The number of carbonyl (C=O) groups is 1. The highest BCUT2D eigenvalue weighted by atomic mass is 16.4. The molecule has 2 rings (SSSR count). The number of anilines is 1. The third kappa shape index (κ3) is 3.22. The minimum Gasteiger partial charge on any atom is -0.430 e. The number of rotatable bonds is 3. The fourth-order valence-electron chi connectivity index (χ4n) is 1.64. The van der Waals surface area contributed by atoms with Crippen LogP contribution in [-0.2, 0) is 0 Å². The molecular formula is C14H14N2O3. The number of benzene rings is 1. The average Bonchev–Trinajstić information content (AvgIpc) is 2.40. The van der Waals surface area contributed by atoms with Crippen molar-refractivity contribution < 1.29 is 9.21 Å². The molecule has 1 aromatic carbocycles. The van der Waals surface area contributed by atoms with Gasteiger partial charge in [0.25, 0.3) is 5.91 Å². The quantitative estimate of drug-likeness (QED) is 0.821. The van der Waals surface area contributed by atoms with Gasteiger partial charge in [-0.3, -0.25) is 4.79 Å². The van der Waals surface area contributed by atoms with Gasteiger partial charge in [-0.2, -0.15) is 0 Å². The van der Waals surface area contributed by atoms with E-state index in [0.717, 1.165) is 11.8 Å². The molecule has 0 aliphatic heterocycles. The third-order valence-corrected chi connectivity index (χ3v) is 2.75. The third-order valence-electron chi connectivity index (χ3n) is 2.75. The molecule has 0 fully saturated rings. The summed E-state index contributed by atoms with van der Waals surface area (Å²) in [6, 6.07) is 9.73. The Balaban J connectivity index is 2.08. The van der Waals surface area contributed by atoms with E-state index >= 15 is 0 Å². The van der Waals surface area contributed by atoms with Gasteiger partial charge in [0.2, 0.25) is 0 Å². The molecule has 5 heteroatoms. The van der Waals surface area contributed by atoms with E-state index in [2.05, 4.69) is 9.73 Å². The van der Waals surface area contributed by atoms with Gasteiger partial charge in [-0.15, -0.1) is 0 Å². The molecule has 5 nitrogen and oxygen atoms in total. The van der Waals surface area contributed by atoms with Crippen LogP contribution in [0, 0.1) is 0 Å². The maximum Gasteiger partial charge on any atom is 0.335 e. The fraction of sp³-hybridized carbons (Fsp3) is 0.143. The van der Waals surface area contributed by atoms with Crippen LogP contribution in [0.5, 0.6) is 0 Å². The van der Waals surface area contributed by atoms with E-state index in [9.17, 15) is 9.59 Å². The summed E-state index contributed by atoms with van der Waals surface area (Å²) < 4.78 is 4.65. The zero-order valence-corrected chi connectivity index (χ0v) is 10.4. The SMILES string of the molecule is CC(NC(=O)c1ccc(=O)oc1)c1ccc(N)cc1. The van der Waals surface area contributed by atoms with Crippen LogP contribution in [0.1, 0.15) is 28.9 Å². The molecule has 19 heavy (non-hydrogen) atoms. The molecule has 1 amide bonds. The Kier molecular flexibility index (Phi) is 3.66. The minimum absolute atomic E-state index is 0.167. The lowest BCUT2D eigenvalue weighted by molar-refractivity contribution is 0.0937. The predicted octanol–water partition coefficient (Wildman–Crippen LogP) is 1.71. The van der Waals surface area contributed by atoms with E-state index in [4.69, 9.17) is 5.73 Å². The molecular weight excluding hydrogens is 244 g/mol. The topological polar surface area (TPSA) is 85.3 Å². The maximum absolute atomic E-state index is 11.9. The molecule has 2 aromatic rings. The van der Waals surface area contributed by atoms with Crippen LogP contribution in [0.3, 0.4) is 0 Å². The van der Waals surface area contributed by atoms with Crippen molar-refractivity contribution >= 4 is 11.6 Å². The summed E-state index contributed by atoms with van der Waals surface area (Å²) in [7, 11) is 0. The van der Waals surface area contributed by atoms with Crippen molar-refractivity contribution in [2.75, 3.05) is 5.73 Å². The largest absolute Gasteiger partial charge is 0.430 e. The van der Waals surface area contributed by atoms with Crippen molar-refractivity contribution in [3.8, 4) is 0 Å². The van der Waals surface area contributed by atoms with Crippen molar-refractivity contribution in [1.29, 1.82) is 0 Å². The standard InChI is InChI=1S/C14H14N2O3/c1-9(10-2-5-12(15)6-3-10)16-14(18)11-4-7-13(17)19-8-11/h2-9H,15H2,1H3,(H,16,18). The molecule has 0 saturated carbocycles. The summed E-state index contributed by atoms with van der Waals surface area (Å²) in [5, 5.41) is 2.81. The number of hydrogen-bond acceptors (Lipinski definition) is 4. The molecule has 3 N–H and O–H groups in total. The second-order valence-corrected chi connectivity index (χ2v) is 4.21. The van der Waals surface area contributed by atoms with Gasteiger partial charge < -0.3 is 15.5 Å². The Morgan fingerprint density at radius 3 is 2.47 bits per heavy atom. The molecule has 0 radical (unpaired) electrons. The Bertz CT molecular complexity index is 611. The first-order valence-electron chi connectivity index (χ1n) is 5.81. The van der Waals surface area contributed by atoms with E-state index in [-0.39, 0.29) is 11.9 Å². The van der Waals surface area contributed by atoms with Crippen molar-refractivity contribution in [3.05, 3.63) is 64.2 Å². The number of carbonyl (C=O) groups excluding carboxylic acids is 1. The zero-order valence-electron chi connectivity index (χ0n) is 10.4. The first-order valence-corrected chi connectivity index (χ1v) is 5.81. The Hall–Kier alpha value is -2.56. The summed E-state index contributed by atoms with van der Waals surface area (Å²) >= 11 is 0. The second-order valence-electron chi connectivity index (χ2n) is 4.21. The summed E-state index contributed by atoms with van der Waals surface area (Å²) in [6.45, 7) is 1.86. The highest BCUT2D eigenvalue weighted by Gasteiger charge is 2.11. The van der Waals surface area contributed by atoms with Crippen LogP contribution in [0.25, 0.3) is 0 Å². The van der Waals surface area contributed by atoms with Gasteiger partial charge in [0, 0.05) is 11.8 Å². The van der Waals surface area contributed by atoms with Crippen LogP contribution < -0.4 is 16.7 Å². The minimum atomic E-state index is -0.483. The van der Waals surface area contributed by atoms with E-state index in [1.54, 1.807) is 12.1 Å². The molecule has 0 saturated heterocycles. The van der Waals surface area contributed by atoms with Gasteiger partial charge in [0.05, 0.1) is 11.6 Å². The first-order chi connectivity index (χ1) is 9.06. The molecule has 1 unspecified atom stereocenters. The number of nitrogens with two attached hydrogens (primary N) is 1. The van der Waals surface area contributed by atoms with Crippen LogP contribution in [-0.4, -0.2) is 5.91 Å². The van der Waals surface area contributed by atoms with E-state index in [1.807, 2.05) is 19.1 Å². The number of amides is 1. The normalized spacial score (nSPS) is 11.8. The van der Waals surface area contributed by atoms with Gasteiger partial charge in [0.15, 0.2) is 0 Å². The molecule has 1 heterocycles. The fourth-order valence-corrected chi connectivity index (χ4v) is 1.64. The average molecular weight is 258 g/mol. The summed E-state index contributed by atoms with van der Waals surface area (Å²) in [6.07, 6.45) is 1.15. The second kappa shape index (κ2) is 5.39. The first kappa shape index (κ1) is 12.9. The Labute approximate surface area is 110 Å². The van der Waals surface area contributed by atoms with Crippen LogP contribution in [0.4, 0.5) is 5.69 Å². The van der Waals surface area contributed by atoms with Gasteiger partial charge in [-0.25, -0.2) is 4.79 Å². The van der Waals surface area contributed by atoms with Crippen molar-refractivity contribution in [2.24, 2.45) is 0 Å². The van der Waals surface area contributed by atoms with Crippen molar-refractivity contribution in [2.45, 2.75) is 13.0 Å². The highest BCUT2D eigenvalue weighted by molar-refractivity contribution is 5.93. The number of hydrogen-bond donors (Lipinski definition) is 2. The Morgan fingerprint density at radius 2 is 1.89 bits per heavy atom. The summed E-state index contributed by atoms with van der Waals surface area (Å²) in [5.41, 5.74) is 7.05. The van der Waals surface area contributed by atoms with Gasteiger partial charge in [0.1, 0.15) is 6.26 Å². The molecule has 0 spiro atoms. The Morgan fingerprint density at radius 1 is 1.21 bits per heavy atom.